The summed E-state index contributed by atoms with van der Waals surface area (Å²) in [6.45, 7) is 2.41. The highest BCUT2D eigenvalue weighted by molar-refractivity contribution is 6.32. The largest absolute Gasteiger partial charge is 0.493 e. The van der Waals surface area contributed by atoms with Crippen LogP contribution in [0.4, 0.5) is 0 Å². The lowest BCUT2D eigenvalue weighted by molar-refractivity contribution is 0.0714. The van der Waals surface area contributed by atoms with Crippen molar-refractivity contribution in [1.82, 2.24) is 9.88 Å². The molecule has 1 unspecified atom stereocenters. The van der Waals surface area contributed by atoms with E-state index in [2.05, 4.69) is 4.98 Å². The highest BCUT2D eigenvalue weighted by Gasteiger charge is 2.43. The first-order valence-electron chi connectivity index (χ1n) is 12.8. The summed E-state index contributed by atoms with van der Waals surface area (Å²) >= 11 is 6.36. The summed E-state index contributed by atoms with van der Waals surface area (Å²) in [5, 5.41) is 0.777. The van der Waals surface area contributed by atoms with E-state index in [-0.39, 0.29) is 29.2 Å². The first kappa shape index (κ1) is 25.6. The Balaban J connectivity index is 1.46. The molecule has 3 aromatic carbocycles. The number of hydrogen-bond acceptors (Lipinski definition) is 6. The van der Waals surface area contributed by atoms with Crippen LogP contribution >= 0.6 is 11.6 Å². The number of hydrogen-bond donors (Lipinski definition) is 0. The van der Waals surface area contributed by atoms with Gasteiger partial charge in [-0.3, -0.25) is 14.6 Å². The lowest BCUT2D eigenvalue weighted by atomic mass is 9.97. The quantitative estimate of drug-likeness (QED) is 0.230. The number of fused-ring (bicyclic) bond motifs is 2. The molecule has 0 saturated heterocycles. The molecule has 7 nitrogen and oxygen atoms in total. The molecule has 0 aliphatic carbocycles. The minimum atomic E-state index is -0.722. The van der Waals surface area contributed by atoms with Gasteiger partial charge in [0.25, 0.3) is 5.91 Å². The van der Waals surface area contributed by atoms with Gasteiger partial charge < -0.3 is 18.8 Å². The molecule has 1 aliphatic heterocycles. The van der Waals surface area contributed by atoms with E-state index in [0.717, 1.165) is 16.7 Å². The predicted octanol–water partition coefficient (Wildman–Crippen LogP) is 6.48. The Morgan fingerprint density at radius 1 is 0.975 bits per heavy atom. The van der Waals surface area contributed by atoms with Gasteiger partial charge in [0.1, 0.15) is 12.2 Å². The maximum atomic E-state index is 13.9. The van der Waals surface area contributed by atoms with Crippen LogP contribution in [0.25, 0.3) is 11.0 Å². The second kappa shape index (κ2) is 10.5. The maximum absolute atomic E-state index is 13.9. The molecular weight excluding hydrogens is 528 g/mol. The van der Waals surface area contributed by atoms with Crippen LogP contribution in [0.1, 0.15) is 44.4 Å². The highest BCUT2D eigenvalue weighted by atomic mass is 35.5. The Morgan fingerprint density at radius 2 is 1.77 bits per heavy atom. The van der Waals surface area contributed by atoms with Crippen molar-refractivity contribution < 1.29 is 18.7 Å². The van der Waals surface area contributed by atoms with Crippen LogP contribution in [0.5, 0.6) is 11.5 Å². The van der Waals surface area contributed by atoms with Crippen molar-refractivity contribution in [2.24, 2.45) is 0 Å². The monoisotopic (exact) mass is 552 g/mol. The molecule has 0 fully saturated rings. The number of ether oxygens (including phenoxy) is 2. The van der Waals surface area contributed by atoms with Crippen molar-refractivity contribution >= 4 is 28.5 Å². The van der Waals surface area contributed by atoms with E-state index in [9.17, 15) is 9.59 Å². The Labute approximate surface area is 235 Å². The van der Waals surface area contributed by atoms with Gasteiger partial charge in [-0.05, 0) is 59.5 Å². The van der Waals surface area contributed by atoms with E-state index < -0.39 is 6.04 Å². The number of carbonyl (C=O) groups is 1. The number of carbonyl (C=O) groups excluding carboxylic acids is 1. The van der Waals surface area contributed by atoms with Crippen LogP contribution in [-0.4, -0.2) is 22.9 Å². The van der Waals surface area contributed by atoms with E-state index in [1.165, 1.54) is 0 Å². The molecule has 200 valence electrons. The number of nitrogens with zero attached hydrogens (tertiary/aromatic N) is 2. The van der Waals surface area contributed by atoms with Gasteiger partial charge in [-0.2, -0.15) is 0 Å². The Kier molecular flexibility index (Phi) is 6.74. The van der Waals surface area contributed by atoms with E-state index >= 15 is 0 Å². The van der Waals surface area contributed by atoms with E-state index in [1.54, 1.807) is 48.7 Å². The minimum absolute atomic E-state index is 0.0245. The number of halogens is 1. The average molecular weight is 553 g/mol. The van der Waals surface area contributed by atoms with Gasteiger partial charge in [0.15, 0.2) is 16.9 Å². The molecule has 8 heteroatoms. The molecule has 0 spiro atoms. The molecule has 0 radical (unpaired) electrons. The third-order valence-corrected chi connectivity index (χ3v) is 7.47. The molecule has 1 amide bonds. The number of amides is 1. The normalized spacial score (nSPS) is 14.4. The SMILES string of the molecule is COc1cc(C2c3c(oc4cc(C)c(Cl)cc4c3=O)C(=O)N2Cc2cccnc2)ccc1OCc1ccccc1. The second-order valence-corrected chi connectivity index (χ2v) is 10.1. The van der Waals surface area contributed by atoms with Gasteiger partial charge in [-0.25, -0.2) is 0 Å². The number of pyridine rings is 1. The zero-order valence-electron chi connectivity index (χ0n) is 21.9. The molecule has 0 saturated carbocycles. The zero-order chi connectivity index (χ0) is 27.8. The Morgan fingerprint density at radius 3 is 2.52 bits per heavy atom. The molecule has 5 aromatic rings. The van der Waals surface area contributed by atoms with Crippen LogP contribution < -0.4 is 14.9 Å². The summed E-state index contributed by atoms with van der Waals surface area (Å²) in [5.41, 5.74) is 3.56. The van der Waals surface area contributed by atoms with Crippen LogP contribution in [0.3, 0.4) is 0 Å². The first-order valence-corrected chi connectivity index (χ1v) is 13.1. The van der Waals surface area contributed by atoms with Gasteiger partial charge >= 0.3 is 0 Å². The van der Waals surface area contributed by atoms with Gasteiger partial charge in [-0.15, -0.1) is 0 Å². The molecule has 0 N–H and O–H groups in total. The summed E-state index contributed by atoms with van der Waals surface area (Å²) in [7, 11) is 1.56. The van der Waals surface area contributed by atoms with Gasteiger partial charge in [0.2, 0.25) is 5.76 Å². The van der Waals surface area contributed by atoms with Gasteiger partial charge in [0.05, 0.1) is 24.1 Å². The van der Waals surface area contributed by atoms with Gasteiger partial charge in [0, 0.05) is 24.0 Å². The molecule has 2 aromatic heterocycles. The fourth-order valence-corrected chi connectivity index (χ4v) is 5.21. The number of aryl methyl sites for hydroxylation is 1. The summed E-state index contributed by atoms with van der Waals surface area (Å²) in [4.78, 5) is 33.5. The third kappa shape index (κ3) is 4.58. The topological polar surface area (TPSA) is 81.9 Å². The Hall–Kier alpha value is -4.62. The summed E-state index contributed by atoms with van der Waals surface area (Å²) in [6.07, 6.45) is 3.37. The van der Waals surface area contributed by atoms with Crippen LogP contribution in [0.2, 0.25) is 5.02 Å². The molecule has 6 rings (SSSR count). The van der Waals surface area contributed by atoms with Crippen molar-refractivity contribution in [3.8, 4) is 11.5 Å². The molecule has 1 aliphatic rings. The molecule has 0 bridgehead atoms. The molecule has 1 atom stereocenters. The second-order valence-electron chi connectivity index (χ2n) is 9.65. The molecule has 3 heterocycles. The van der Waals surface area contributed by atoms with Crippen LogP contribution in [-0.2, 0) is 13.2 Å². The number of aromatic nitrogens is 1. The van der Waals surface area contributed by atoms with Crippen molar-refractivity contribution in [2.45, 2.75) is 26.1 Å². The molecular formula is C32H25ClN2O5. The van der Waals surface area contributed by atoms with Crippen molar-refractivity contribution in [2.75, 3.05) is 7.11 Å². The van der Waals surface area contributed by atoms with Crippen molar-refractivity contribution in [3.63, 3.8) is 0 Å². The number of methoxy groups -OCH3 is 1. The van der Waals surface area contributed by atoms with Crippen LogP contribution in [0, 0.1) is 6.92 Å². The van der Waals surface area contributed by atoms with E-state index in [1.807, 2.05) is 55.5 Å². The Bertz CT molecular complexity index is 1790. The summed E-state index contributed by atoms with van der Waals surface area (Å²) < 4.78 is 17.8. The standard InChI is InChI=1S/C32H25ClN2O5/c1-19-13-26-23(15-24(19)33)30(36)28-29(35(32(37)31(28)40-26)17-21-9-6-12-34-16-21)22-10-11-25(27(14-22)38-2)39-18-20-7-4-3-5-8-20/h3-16,29H,17-18H2,1-2H3. The van der Waals surface area contributed by atoms with Gasteiger partial charge in [-0.1, -0.05) is 54.1 Å². The number of rotatable bonds is 7. The zero-order valence-corrected chi connectivity index (χ0v) is 22.6. The fourth-order valence-electron chi connectivity index (χ4n) is 5.05. The summed E-state index contributed by atoms with van der Waals surface area (Å²) in [6, 6.07) is 21.5. The highest BCUT2D eigenvalue weighted by Crippen LogP contribution is 2.42. The molecule has 40 heavy (non-hydrogen) atoms. The minimum Gasteiger partial charge on any atom is -0.493 e. The van der Waals surface area contributed by atoms with E-state index in [4.69, 9.17) is 25.5 Å². The van der Waals surface area contributed by atoms with Crippen LogP contribution in [0.15, 0.2) is 94.4 Å². The average Bonchev–Trinajstić information content (AvgIpc) is 3.25. The lowest BCUT2D eigenvalue weighted by Crippen LogP contribution is -2.29. The number of benzene rings is 3. The smallest absolute Gasteiger partial charge is 0.291 e. The maximum Gasteiger partial charge on any atom is 0.291 e. The lowest BCUT2D eigenvalue weighted by Gasteiger charge is -2.26. The first-order chi connectivity index (χ1) is 19.4. The van der Waals surface area contributed by atoms with Crippen molar-refractivity contribution in [1.29, 1.82) is 0 Å². The fraction of sp³-hybridized carbons (Fsp3) is 0.156. The predicted molar refractivity (Wildman–Crippen MR) is 152 cm³/mol. The van der Waals surface area contributed by atoms with E-state index in [0.29, 0.717) is 39.7 Å². The summed E-state index contributed by atoms with van der Waals surface area (Å²) in [5.74, 6) is 0.682. The van der Waals surface area contributed by atoms with Crippen molar-refractivity contribution in [3.05, 3.63) is 134 Å². The third-order valence-electron chi connectivity index (χ3n) is 7.06.